The number of rotatable bonds is 5. The molecule has 1 amide bonds. The second kappa shape index (κ2) is 6.23. The molecule has 0 aliphatic rings. The van der Waals surface area contributed by atoms with Crippen LogP contribution in [0, 0.1) is 0 Å². The van der Waals surface area contributed by atoms with Gasteiger partial charge in [-0.05, 0) is 38.0 Å². The predicted octanol–water partition coefficient (Wildman–Crippen LogP) is 2.62. The number of anilines is 2. The Morgan fingerprint density at radius 3 is 2.90 bits per heavy atom. The van der Waals surface area contributed by atoms with Crippen LogP contribution in [-0.4, -0.2) is 15.7 Å². The first-order valence-corrected chi connectivity index (χ1v) is 6.74. The molecule has 5 heteroatoms. The summed E-state index contributed by atoms with van der Waals surface area (Å²) in [6.45, 7) is 4.05. The van der Waals surface area contributed by atoms with E-state index >= 15 is 0 Å². The van der Waals surface area contributed by atoms with Crippen LogP contribution >= 0.6 is 0 Å². The summed E-state index contributed by atoms with van der Waals surface area (Å²) < 4.78 is 1.79. The summed E-state index contributed by atoms with van der Waals surface area (Å²) in [4.78, 5) is 12.0. The molecule has 1 aromatic carbocycles. The Hall–Kier alpha value is -2.30. The largest absolute Gasteiger partial charge is 0.399 e. The van der Waals surface area contributed by atoms with Crippen molar-refractivity contribution >= 4 is 17.4 Å². The van der Waals surface area contributed by atoms with Crippen molar-refractivity contribution < 1.29 is 4.79 Å². The molecule has 0 saturated carbocycles. The Kier molecular flexibility index (Phi) is 4.40. The summed E-state index contributed by atoms with van der Waals surface area (Å²) in [5, 5.41) is 7.07. The fraction of sp³-hybridized carbons (Fsp3) is 0.333. The molecule has 1 heterocycles. The average molecular weight is 272 g/mol. The summed E-state index contributed by atoms with van der Waals surface area (Å²) in [5.74, 6) is 0.715. The zero-order valence-electron chi connectivity index (χ0n) is 11.8. The SMILES string of the molecule is CC(C)n1nccc1NC(=O)CCc1cccc(N)c1. The number of benzene rings is 1. The molecular formula is C15H20N4O. The first kappa shape index (κ1) is 14.1. The third-order valence-corrected chi connectivity index (χ3v) is 3.02. The fourth-order valence-electron chi connectivity index (χ4n) is 2.04. The van der Waals surface area contributed by atoms with Gasteiger partial charge in [0.25, 0.3) is 0 Å². The van der Waals surface area contributed by atoms with Crippen molar-refractivity contribution in [2.75, 3.05) is 11.1 Å². The highest BCUT2D eigenvalue weighted by molar-refractivity contribution is 5.90. The normalized spacial score (nSPS) is 10.8. The number of nitrogens with one attached hydrogen (secondary N) is 1. The number of nitrogen functional groups attached to an aromatic ring is 1. The van der Waals surface area contributed by atoms with Crippen LogP contribution in [0.5, 0.6) is 0 Å². The molecule has 1 aromatic heterocycles. The maximum absolute atomic E-state index is 12.0. The summed E-state index contributed by atoms with van der Waals surface area (Å²) in [6, 6.07) is 9.63. The van der Waals surface area contributed by atoms with Crippen LogP contribution in [0.3, 0.4) is 0 Å². The highest BCUT2D eigenvalue weighted by atomic mass is 16.1. The van der Waals surface area contributed by atoms with E-state index in [2.05, 4.69) is 10.4 Å². The molecular weight excluding hydrogens is 252 g/mol. The molecule has 0 bridgehead atoms. The van der Waals surface area contributed by atoms with Gasteiger partial charge in [-0.1, -0.05) is 12.1 Å². The van der Waals surface area contributed by atoms with Gasteiger partial charge in [-0.15, -0.1) is 0 Å². The standard InChI is InChI=1S/C15H20N4O/c1-11(2)19-14(8-9-17-19)18-15(20)7-6-12-4-3-5-13(16)10-12/h3-5,8-11H,6-7,16H2,1-2H3,(H,18,20). The third-order valence-electron chi connectivity index (χ3n) is 3.02. The van der Waals surface area contributed by atoms with Crippen molar-refractivity contribution in [2.24, 2.45) is 0 Å². The lowest BCUT2D eigenvalue weighted by atomic mass is 10.1. The first-order chi connectivity index (χ1) is 9.56. The number of aromatic nitrogens is 2. The molecule has 20 heavy (non-hydrogen) atoms. The molecule has 0 radical (unpaired) electrons. The van der Waals surface area contributed by atoms with E-state index in [0.717, 1.165) is 17.1 Å². The van der Waals surface area contributed by atoms with Gasteiger partial charge in [0, 0.05) is 24.2 Å². The van der Waals surface area contributed by atoms with Crippen LogP contribution in [0.15, 0.2) is 36.5 Å². The van der Waals surface area contributed by atoms with Gasteiger partial charge in [-0.2, -0.15) is 5.10 Å². The van der Waals surface area contributed by atoms with Gasteiger partial charge in [-0.3, -0.25) is 4.79 Å². The van der Waals surface area contributed by atoms with Crippen molar-refractivity contribution in [3.8, 4) is 0 Å². The maximum atomic E-state index is 12.0. The number of amides is 1. The van der Waals surface area contributed by atoms with Gasteiger partial charge in [0.05, 0.1) is 6.20 Å². The summed E-state index contributed by atoms with van der Waals surface area (Å²) in [5.41, 5.74) is 7.51. The van der Waals surface area contributed by atoms with E-state index < -0.39 is 0 Å². The smallest absolute Gasteiger partial charge is 0.225 e. The monoisotopic (exact) mass is 272 g/mol. The van der Waals surface area contributed by atoms with Crippen LogP contribution in [0.2, 0.25) is 0 Å². The quantitative estimate of drug-likeness (QED) is 0.822. The van der Waals surface area contributed by atoms with E-state index in [1.807, 2.05) is 38.1 Å². The van der Waals surface area contributed by atoms with E-state index in [1.165, 1.54) is 0 Å². The van der Waals surface area contributed by atoms with Gasteiger partial charge in [-0.25, -0.2) is 4.68 Å². The summed E-state index contributed by atoms with van der Waals surface area (Å²) in [7, 11) is 0. The molecule has 3 N–H and O–H groups in total. The maximum Gasteiger partial charge on any atom is 0.225 e. The first-order valence-electron chi connectivity index (χ1n) is 6.74. The number of nitrogens with two attached hydrogens (primary N) is 1. The Morgan fingerprint density at radius 1 is 1.40 bits per heavy atom. The molecule has 5 nitrogen and oxygen atoms in total. The molecule has 0 aliphatic carbocycles. The van der Waals surface area contributed by atoms with Crippen LogP contribution in [-0.2, 0) is 11.2 Å². The molecule has 0 aliphatic heterocycles. The van der Waals surface area contributed by atoms with Crippen LogP contribution in [0.1, 0.15) is 31.9 Å². The second-order valence-corrected chi connectivity index (χ2v) is 5.05. The number of hydrogen-bond donors (Lipinski definition) is 2. The lowest BCUT2D eigenvalue weighted by Gasteiger charge is -2.11. The van der Waals surface area contributed by atoms with E-state index in [4.69, 9.17) is 5.73 Å². The Morgan fingerprint density at radius 2 is 2.20 bits per heavy atom. The Balaban J connectivity index is 1.91. The molecule has 0 unspecified atom stereocenters. The lowest BCUT2D eigenvalue weighted by molar-refractivity contribution is -0.116. The van der Waals surface area contributed by atoms with Crippen molar-refractivity contribution in [1.29, 1.82) is 0 Å². The number of aryl methyl sites for hydroxylation is 1. The van der Waals surface area contributed by atoms with E-state index in [9.17, 15) is 4.79 Å². The highest BCUT2D eigenvalue weighted by Gasteiger charge is 2.09. The second-order valence-electron chi connectivity index (χ2n) is 5.05. The van der Waals surface area contributed by atoms with Crippen LogP contribution < -0.4 is 11.1 Å². The summed E-state index contributed by atoms with van der Waals surface area (Å²) >= 11 is 0. The number of hydrogen-bond acceptors (Lipinski definition) is 3. The minimum absolute atomic E-state index is 0.0187. The van der Waals surface area contributed by atoms with Crippen LogP contribution in [0.4, 0.5) is 11.5 Å². The minimum Gasteiger partial charge on any atom is -0.399 e. The van der Waals surface area contributed by atoms with Crippen LogP contribution in [0.25, 0.3) is 0 Å². The van der Waals surface area contributed by atoms with E-state index in [1.54, 1.807) is 16.9 Å². The molecule has 0 fully saturated rings. The molecule has 0 atom stereocenters. The van der Waals surface area contributed by atoms with Gasteiger partial charge in [0.1, 0.15) is 5.82 Å². The molecule has 0 spiro atoms. The van der Waals surface area contributed by atoms with Crippen molar-refractivity contribution in [3.05, 3.63) is 42.1 Å². The average Bonchev–Trinajstić information content (AvgIpc) is 2.85. The van der Waals surface area contributed by atoms with E-state index in [-0.39, 0.29) is 11.9 Å². The van der Waals surface area contributed by atoms with E-state index in [0.29, 0.717) is 12.8 Å². The fourth-order valence-corrected chi connectivity index (χ4v) is 2.04. The molecule has 2 aromatic rings. The minimum atomic E-state index is -0.0187. The van der Waals surface area contributed by atoms with Crippen molar-refractivity contribution in [2.45, 2.75) is 32.7 Å². The number of carbonyl (C=O) groups is 1. The molecule has 2 rings (SSSR count). The third kappa shape index (κ3) is 3.60. The number of nitrogens with zero attached hydrogens (tertiary/aromatic N) is 2. The molecule has 106 valence electrons. The van der Waals surface area contributed by atoms with Gasteiger partial charge in [0.2, 0.25) is 5.91 Å². The number of carbonyl (C=O) groups excluding carboxylic acids is 1. The lowest BCUT2D eigenvalue weighted by Crippen LogP contribution is -2.17. The zero-order valence-corrected chi connectivity index (χ0v) is 11.8. The molecule has 0 saturated heterocycles. The highest BCUT2D eigenvalue weighted by Crippen LogP contribution is 2.14. The zero-order chi connectivity index (χ0) is 14.5. The summed E-state index contributed by atoms with van der Waals surface area (Å²) in [6.07, 6.45) is 2.78. The predicted molar refractivity (Wildman–Crippen MR) is 80.4 cm³/mol. The Bertz CT molecular complexity index is 589. The Labute approximate surface area is 118 Å². The van der Waals surface area contributed by atoms with Gasteiger partial charge >= 0.3 is 0 Å². The van der Waals surface area contributed by atoms with Gasteiger partial charge < -0.3 is 11.1 Å². The van der Waals surface area contributed by atoms with Crippen molar-refractivity contribution in [1.82, 2.24) is 9.78 Å². The topological polar surface area (TPSA) is 72.9 Å². The van der Waals surface area contributed by atoms with Crippen molar-refractivity contribution in [3.63, 3.8) is 0 Å². The van der Waals surface area contributed by atoms with Gasteiger partial charge in [0.15, 0.2) is 0 Å².